The minimum absolute atomic E-state index is 0.0584. The average Bonchev–Trinajstić information content (AvgIpc) is 2.71. The number of ether oxygens (including phenoxy) is 1. The zero-order chi connectivity index (χ0) is 20.7. The first-order valence-electron chi connectivity index (χ1n) is 9.56. The summed E-state index contributed by atoms with van der Waals surface area (Å²) in [4.78, 5) is 22.1. The van der Waals surface area contributed by atoms with Crippen LogP contribution in [0.4, 0.5) is 0 Å². The molecule has 0 heterocycles. The number of carboxylic acids is 1. The van der Waals surface area contributed by atoms with E-state index in [1.165, 1.54) is 0 Å². The first-order chi connectivity index (χ1) is 12.9. The van der Waals surface area contributed by atoms with Gasteiger partial charge >= 0.3 is 11.9 Å². The zero-order valence-corrected chi connectivity index (χ0v) is 16.7. The summed E-state index contributed by atoms with van der Waals surface area (Å²) in [5.41, 5.74) is -0.365. The lowest BCUT2D eigenvalue weighted by Gasteiger charge is -2.28. The molecule has 154 valence electrons. The first kappa shape index (κ1) is 25.1. The molecule has 6 nitrogen and oxygen atoms in total. The van der Waals surface area contributed by atoms with Crippen molar-refractivity contribution >= 4 is 11.9 Å². The van der Waals surface area contributed by atoms with Crippen molar-refractivity contribution in [1.29, 1.82) is 0 Å². The predicted octanol–water partition coefficient (Wildman–Crippen LogP) is 3.51. The van der Waals surface area contributed by atoms with Crippen LogP contribution >= 0.6 is 0 Å². The van der Waals surface area contributed by atoms with Gasteiger partial charge in [0.2, 0.25) is 0 Å². The number of rotatable bonds is 11. The lowest BCUT2D eigenvalue weighted by molar-refractivity contribution is -0.155. The van der Waals surface area contributed by atoms with E-state index in [0.29, 0.717) is 12.0 Å². The van der Waals surface area contributed by atoms with Gasteiger partial charge in [0.15, 0.2) is 0 Å². The standard InChI is InChI=1S/C14H28O4.C7H6O2/c1-4-7-8-12(5-2)13(17)18-11-14(6-3,9-15)10-16;8-7(9)6-4-2-1-3-5-6/h12,15-16H,4-11H2,1-3H3;1-5H,(H,8,9). The summed E-state index contributed by atoms with van der Waals surface area (Å²) in [7, 11) is 0. The molecule has 27 heavy (non-hydrogen) atoms. The second-order valence-corrected chi connectivity index (χ2v) is 6.70. The Hall–Kier alpha value is -1.92. The number of unbranched alkanes of at least 4 members (excludes halogenated alkanes) is 1. The van der Waals surface area contributed by atoms with E-state index in [1.54, 1.807) is 30.3 Å². The van der Waals surface area contributed by atoms with Gasteiger partial charge in [-0.25, -0.2) is 4.79 Å². The van der Waals surface area contributed by atoms with E-state index in [-0.39, 0.29) is 31.7 Å². The van der Waals surface area contributed by atoms with Crippen molar-refractivity contribution in [1.82, 2.24) is 0 Å². The van der Waals surface area contributed by atoms with Crippen LogP contribution in [0, 0.1) is 11.3 Å². The lowest BCUT2D eigenvalue weighted by atomic mass is 9.88. The average molecular weight is 382 g/mol. The van der Waals surface area contributed by atoms with Gasteiger partial charge in [-0.1, -0.05) is 51.8 Å². The molecule has 3 N–H and O–H groups in total. The molecule has 1 aromatic carbocycles. The van der Waals surface area contributed by atoms with Crippen molar-refractivity contribution < 1.29 is 29.6 Å². The van der Waals surface area contributed by atoms with E-state index in [0.717, 1.165) is 25.7 Å². The number of carboxylic acid groups (broad SMARTS) is 1. The third kappa shape index (κ3) is 9.54. The highest BCUT2D eigenvalue weighted by Gasteiger charge is 2.29. The molecular formula is C21H34O6. The molecule has 1 atom stereocenters. The number of carbonyl (C=O) groups is 2. The number of benzene rings is 1. The number of aliphatic hydroxyl groups is 2. The van der Waals surface area contributed by atoms with E-state index < -0.39 is 11.4 Å². The third-order valence-electron chi connectivity index (χ3n) is 4.69. The van der Waals surface area contributed by atoms with Gasteiger partial charge in [-0.05, 0) is 31.4 Å². The van der Waals surface area contributed by atoms with Gasteiger partial charge in [-0.3, -0.25) is 4.79 Å². The Labute approximate surface area is 162 Å². The van der Waals surface area contributed by atoms with E-state index in [4.69, 9.17) is 9.84 Å². The largest absolute Gasteiger partial charge is 0.478 e. The number of carbonyl (C=O) groups excluding carboxylic acids is 1. The molecule has 0 aliphatic carbocycles. The summed E-state index contributed by atoms with van der Waals surface area (Å²) >= 11 is 0. The fourth-order valence-electron chi connectivity index (χ4n) is 2.33. The Balaban J connectivity index is 0.000000621. The molecule has 0 amide bonds. The summed E-state index contributed by atoms with van der Waals surface area (Å²) in [6.07, 6.45) is 4.29. The van der Waals surface area contributed by atoms with Crippen LogP contribution in [0.5, 0.6) is 0 Å². The fourth-order valence-corrected chi connectivity index (χ4v) is 2.33. The SMILES string of the molecule is CCCCC(CC)C(=O)OCC(CC)(CO)CO.O=C(O)c1ccccc1. The van der Waals surface area contributed by atoms with Crippen LogP contribution in [0.25, 0.3) is 0 Å². The Morgan fingerprint density at radius 2 is 1.67 bits per heavy atom. The number of esters is 1. The van der Waals surface area contributed by atoms with E-state index in [2.05, 4.69) is 6.92 Å². The normalized spacial score (nSPS) is 11.9. The predicted molar refractivity (Wildman–Crippen MR) is 105 cm³/mol. The van der Waals surface area contributed by atoms with Gasteiger partial charge in [0.25, 0.3) is 0 Å². The molecule has 1 rings (SSSR count). The van der Waals surface area contributed by atoms with Crippen LogP contribution in [0.3, 0.4) is 0 Å². The highest BCUT2D eigenvalue weighted by molar-refractivity contribution is 5.87. The van der Waals surface area contributed by atoms with E-state index in [1.807, 2.05) is 13.8 Å². The highest BCUT2D eigenvalue weighted by atomic mass is 16.5. The number of hydrogen-bond acceptors (Lipinski definition) is 5. The Bertz CT molecular complexity index is 516. The molecule has 1 unspecified atom stereocenters. The second-order valence-electron chi connectivity index (χ2n) is 6.70. The third-order valence-corrected chi connectivity index (χ3v) is 4.69. The summed E-state index contributed by atoms with van der Waals surface area (Å²) in [5.74, 6) is -1.14. The van der Waals surface area contributed by atoms with Crippen molar-refractivity contribution in [2.24, 2.45) is 11.3 Å². The smallest absolute Gasteiger partial charge is 0.335 e. The number of aromatic carboxylic acids is 1. The maximum Gasteiger partial charge on any atom is 0.335 e. The van der Waals surface area contributed by atoms with Crippen molar-refractivity contribution in [3.8, 4) is 0 Å². The Morgan fingerprint density at radius 1 is 1.07 bits per heavy atom. The molecule has 0 saturated heterocycles. The quantitative estimate of drug-likeness (QED) is 0.506. The minimum atomic E-state index is -0.879. The van der Waals surface area contributed by atoms with Crippen LogP contribution < -0.4 is 0 Å². The number of aliphatic hydroxyl groups excluding tert-OH is 2. The fraction of sp³-hybridized carbons (Fsp3) is 0.619. The van der Waals surface area contributed by atoms with E-state index in [9.17, 15) is 19.8 Å². The molecule has 0 saturated carbocycles. The van der Waals surface area contributed by atoms with E-state index >= 15 is 0 Å². The minimum Gasteiger partial charge on any atom is -0.478 e. The summed E-state index contributed by atoms with van der Waals surface area (Å²) in [6.45, 7) is 5.70. The van der Waals surface area contributed by atoms with Gasteiger partial charge in [0.05, 0.1) is 30.1 Å². The van der Waals surface area contributed by atoms with Crippen LogP contribution in [0.15, 0.2) is 30.3 Å². The van der Waals surface area contributed by atoms with Gasteiger partial charge < -0.3 is 20.1 Å². The molecule has 0 fully saturated rings. The molecule has 0 aliphatic heterocycles. The van der Waals surface area contributed by atoms with Crippen LogP contribution in [-0.4, -0.2) is 47.1 Å². The maximum absolute atomic E-state index is 11.9. The second kappa shape index (κ2) is 14.2. The van der Waals surface area contributed by atoms with Crippen molar-refractivity contribution in [3.05, 3.63) is 35.9 Å². The monoisotopic (exact) mass is 382 g/mol. The summed E-state index contributed by atoms with van der Waals surface area (Å²) in [5, 5.41) is 26.9. The molecular weight excluding hydrogens is 348 g/mol. The Kier molecular flexibility index (Phi) is 13.2. The van der Waals surface area contributed by atoms with Crippen molar-refractivity contribution in [2.45, 2.75) is 52.9 Å². The van der Waals surface area contributed by atoms with Gasteiger partial charge in [-0.2, -0.15) is 0 Å². The maximum atomic E-state index is 11.9. The molecule has 1 aromatic rings. The lowest BCUT2D eigenvalue weighted by Crippen LogP contribution is -2.36. The molecule has 0 spiro atoms. The molecule has 6 heteroatoms. The van der Waals surface area contributed by atoms with Crippen molar-refractivity contribution in [2.75, 3.05) is 19.8 Å². The molecule has 0 aliphatic rings. The molecule has 0 bridgehead atoms. The van der Waals surface area contributed by atoms with Crippen LogP contribution in [0.1, 0.15) is 63.2 Å². The van der Waals surface area contributed by atoms with Gasteiger partial charge in [0, 0.05) is 0 Å². The van der Waals surface area contributed by atoms with Crippen molar-refractivity contribution in [3.63, 3.8) is 0 Å². The highest BCUT2D eigenvalue weighted by Crippen LogP contribution is 2.22. The zero-order valence-electron chi connectivity index (χ0n) is 16.7. The van der Waals surface area contributed by atoms with Crippen LogP contribution in [-0.2, 0) is 9.53 Å². The van der Waals surface area contributed by atoms with Crippen LogP contribution in [0.2, 0.25) is 0 Å². The number of hydrogen-bond donors (Lipinski definition) is 3. The molecule has 0 radical (unpaired) electrons. The van der Waals surface area contributed by atoms with Gasteiger partial charge in [-0.15, -0.1) is 0 Å². The topological polar surface area (TPSA) is 104 Å². The summed E-state index contributed by atoms with van der Waals surface area (Å²) in [6, 6.07) is 8.30. The Morgan fingerprint density at radius 3 is 2.04 bits per heavy atom. The first-order valence-corrected chi connectivity index (χ1v) is 9.56. The molecule has 0 aromatic heterocycles. The van der Waals surface area contributed by atoms with Gasteiger partial charge in [0.1, 0.15) is 6.61 Å². The summed E-state index contributed by atoms with van der Waals surface area (Å²) < 4.78 is 5.27.